The Kier molecular flexibility index (Phi) is 2.41. The van der Waals surface area contributed by atoms with Gasteiger partial charge in [-0.3, -0.25) is 0 Å². The van der Waals surface area contributed by atoms with Gasteiger partial charge in [-0.1, -0.05) is 121 Å². The molecule has 0 unspecified atom stereocenters. The first-order valence-electron chi connectivity index (χ1n) is 30.5. The van der Waals surface area contributed by atoms with Gasteiger partial charge >= 0.3 is 0 Å². The first-order valence-corrected chi connectivity index (χ1v) is 15.0. The van der Waals surface area contributed by atoms with Crippen molar-refractivity contribution in [3.05, 3.63) is 187 Å². The third kappa shape index (κ3) is 4.06. The van der Waals surface area contributed by atoms with Gasteiger partial charge in [0.1, 0.15) is 0 Å². The van der Waals surface area contributed by atoms with Crippen molar-refractivity contribution in [1.29, 1.82) is 0 Å². The SMILES string of the molecule is [2H]c1c([2H])c([2H])c(-n2c3c([2H])c([2H])c([2H])c([2H])c3c3c([2H])c(-n4c5c([2H])c([2H])c([2H])c([2H])c5c5c([2H])c([2H])c([2H])c([2H])c54)c([2H])c([2H])c32)c(-c2c([2H])c([2H])c([2H])c(-n3c4c([2H])c([2H])c([2H])c([2H])c4c4c([2H])c([2H])c([2H])c([2H])c43)c2[2H])c1[2H]. The molecule has 0 amide bonds. The van der Waals surface area contributed by atoms with Crippen molar-refractivity contribution >= 4 is 65.4 Å². The number of nitrogens with zero attached hydrogens (tertiary/aromatic N) is 3. The van der Waals surface area contributed by atoms with Crippen LogP contribution in [0.2, 0.25) is 0 Å². The number of hydrogen-bond donors (Lipinski definition) is 0. The Bertz CT molecular complexity index is 4780. The summed E-state index contributed by atoms with van der Waals surface area (Å²) in [6.45, 7) is 0. The Hall–Kier alpha value is -6.84. The van der Waals surface area contributed by atoms with Crippen molar-refractivity contribution < 1.29 is 42.5 Å². The van der Waals surface area contributed by atoms with E-state index in [1.54, 1.807) is 0 Å². The van der Waals surface area contributed by atoms with E-state index in [1.165, 1.54) is 0 Å². The van der Waals surface area contributed by atoms with Crippen molar-refractivity contribution in [2.75, 3.05) is 0 Å². The minimum absolute atomic E-state index is 0.501. The highest BCUT2D eigenvalue weighted by molar-refractivity contribution is 6.13. The number of benzene rings is 8. The summed E-state index contributed by atoms with van der Waals surface area (Å²) < 4.78 is 283. The molecular weight excluding hydrogens is 619 g/mol. The molecule has 0 aliphatic rings. The van der Waals surface area contributed by atoms with Gasteiger partial charge in [0.05, 0.1) is 81.3 Å². The van der Waals surface area contributed by atoms with Crippen molar-refractivity contribution in [2.24, 2.45) is 0 Å². The number of aromatic nitrogens is 3. The lowest BCUT2D eigenvalue weighted by atomic mass is 10.0. The third-order valence-electron chi connectivity index (χ3n) is 8.41. The Morgan fingerprint density at radius 1 is 0.294 bits per heavy atom. The van der Waals surface area contributed by atoms with Gasteiger partial charge in [-0.15, -0.1) is 0 Å². The van der Waals surface area contributed by atoms with E-state index < -0.39 is 281 Å². The van der Waals surface area contributed by atoms with E-state index in [0.717, 1.165) is 4.57 Å². The molecule has 3 nitrogen and oxygen atoms in total. The highest BCUT2D eigenvalue weighted by Crippen LogP contribution is 2.40. The van der Waals surface area contributed by atoms with Crippen LogP contribution in [0.5, 0.6) is 0 Å². The van der Waals surface area contributed by atoms with Gasteiger partial charge in [0.2, 0.25) is 0 Å². The lowest BCUT2D eigenvalue weighted by molar-refractivity contribution is 1.16. The minimum atomic E-state index is -1.16. The molecule has 0 aliphatic heterocycles. The van der Waals surface area contributed by atoms with Crippen LogP contribution in [0.25, 0.3) is 93.6 Å². The first-order chi connectivity index (χ1) is 38.2. The molecule has 0 bridgehead atoms. The molecule has 0 fully saturated rings. The highest BCUT2D eigenvalue weighted by Gasteiger charge is 2.19. The predicted molar refractivity (Wildman–Crippen MR) is 215 cm³/mol. The predicted octanol–water partition coefficient (Wildman–Crippen LogP) is 12.6. The second kappa shape index (κ2) is 10.8. The standard InChI is InChI=1S/C48H31N3/c1-7-22-42(35(16-1)32-14-13-15-33(30-32)49-43-23-8-2-17-36(43)37-18-3-9-24-44(37)49)51-47-27-12-6-21-40(47)41-31-34(28-29-48(41)51)50-45-25-10-4-19-38(45)39-20-5-11-26-46(39)50/h1-31H/i1D,2D,3D,4D,5D,6D,7D,8D,9D,10D,11D,12D,13D,14D,15D,16D,17D,18D,19D,20D,21D,22D,23D,24D,25D,26D,27D,28D,29D,30D,31D. The Labute approximate surface area is 338 Å². The molecular formula is C48H31N3. The number of fused-ring (bicyclic) bond motifs is 9. The van der Waals surface area contributed by atoms with Gasteiger partial charge in [0.25, 0.3) is 0 Å². The van der Waals surface area contributed by atoms with Crippen LogP contribution in [0.1, 0.15) is 42.5 Å². The molecule has 238 valence electrons. The van der Waals surface area contributed by atoms with E-state index in [4.69, 9.17) is 27.4 Å². The fourth-order valence-electron chi connectivity index (χ4n) is 6.35. The number of hydrogen-bond acceptors (Lipinski definition) is 0. The zero-order chi connectivity index (χ0) is 60.4. The molecule has 0 saturated heterocycles. The van der Waals surface area contributed by atoms with Crippen molar-refractivity contribution in [3.8, 4) is 28.2 Å². The summed E-state index contributed by atoms with van der Waals surface area (Å²) in [5.41, 5.74) is -8.85. The zero-order valence-electron chi connectivity index (χ0n) is 56.3. The van der Waals surface area contributed by atoms with E-state index in [1.807, 2.05) is 0 Å². The lowest BCUT2D eigenvalue weighted by Gasteiger charge is -2.16. The highest BCUT2D eigenvalue weighted by atomic mass is 15.0. The molecule has 0 radical (unpaired) electrons. The van der Waals surface area contributed by atoms with E-state index in [9.17, 15) is 15.1 Å². The van der Waals surface area contributed by atoms with Crippen LogP contribution >= 0.6 is 0 Å². The van der Waals surface area contributed by atoms with Crippen LogP contribution in [-0.4, -0.2) is 13.7 Å². The van der Waals surface area contributed by atoms with E-state index >= 15 is 0 Å². The van der Waals surface area contributed by atoms with Crippen molar-refractivity contribution in [3.63, 3.8) is 0 Å². The summed E-state index contributed by atoms with van der Waals surface area (Å²) in [5.74, 6) is 0. The molecule has 0 spiro atoms. The van der Waals surface area contributed by atoms with Crippen molar-refractivity contribution in [1.82, 2.24) is 13.7 Å². The maximum Gasteiger partial charge on any atom is 0.0652 e. The Balaban J connectivity index is 1.39. The van der Waals surface area contributed by atoms with Gasteiger partial charge in [-0.2, -0.15) is 0 Å². The second-order valence-electron chi connectivity index (χ2n) is 11.0. The molecule has 8 aromatic carbocycles. The molecule has 11 aromatic rings. The Morgan fingerprint density at radius 3 is 1.25 bits per heavy atom. The topological polar surface area (TPSA) is 14.8 Å². The van der Waals surface area contributed by atoms with E-state index in [0.29, 0.717) is 9.13 Å². The van der Waals surface area contributed by atoms with Gasteiger partial charge in [0.15, 0.2) is 0 Å². The van der Waals surface area contributed by atoms with Crippen LogP contribution in [-0.2, 0) is 0 Å². The second-order valence-corrected chi connectivity index (χ2v) is 11.0. The first kappa shape index (κ1) is 11.3. The van der Waals surface area contributed by atoms with Crippen LogP contribution in [0.4, 0.5) is 0 Å². The molecule has 11 rings (SSSR count). The third-order valence-corrected chi connectivity index (χ3v) is 8.41. The number of para-hydroxylation sites is 6. The molecule has 51 heavy (non-hydrogen) atoms. The van der Waals surface area contributed by atoms with Crippen LogP contribution in [0.3, 0.4) is 0 Å². The molecule has 0 saturated carbocycles. The fourth-order valence-corrected chi connectivity index (χ4v) is 6.35. The van der Waals surface area contributed by atoms with Gasteiger partial charge in [0, 0.05) is 49.3 Å². The quantitative estimate of drug-likeness (QED) is 0.176. The normalized spacial score (nSPS) is 20.4. The van der Waals surface area contributed by atoms with Gasteiger partial charge in [-0.25, -0.2) is 0 Å². The summed E-state index contributed by atoms with van der Waals surface area (Å²) in [6, 6.07) is -30.1. The maximum absolute atomic E-state index is 10.0. The summed E-state index contributed by atoms with van der Waals surface area (Å²) in [7, 11) is 0. The molecule has 0 atom stereocenters. The lowest BCUT2D eigenvalue weighted by Crippen LogP contribution is -1.99. The summed E-state index contributed by atoms with van der Waals surface area (Å²) >= 11 is 0. The molecule has 3 aromatic heterocycles. The molecule has 3 heteroatoms. The van der Waals surface area contributed by atoms with Crippen LogP contribution < -0.4 is 0 Å². The van der Waals surface area contributed by atoms with Gasteiger partial charge in [-0.05, 0) is 72.0 Å². The van der Waals surface area contributed by atoms with E-state index in [2.05, 4.69) is 0 Å². The fraction of sp³-hybridized carbons (Fsp3) is 0. The van der Waals surface area contributed by atoms with Crippen LogP contribution in [0.15, 0.2) is 187 Å². The zero-order valence-corrected chi connectivity index (χ0v) is 25.3. The largest absolute Gasteiger partial charge is 0.309 e. The van der Waals surface area contributed by atoms with Crippen LogP contribution in [0, 0.1) is 0 Å². The summed E-state index contributed by atoms with van der Waals surface area (Å²) in [4.78, 5) is 0. The maximum atomic E-state index is 10.0. The molecule has 3 heterocycles. The molecule has 0 aliphatic carbocycles. The summed E-state index contributed by atoms with van der Waals surface area (Å²) in [5, 5.41) is -3.48. The Morgan fingerprint density at radius 2 is 0.706 bits per heavy atom. The van der Waals surface area contributed by atoms with Gasteiger partial charge < -0.3 is 13.7 Å². The average Bonchev–Trinajstić information content (AvgIpc) is 1.68. The average molecular weight is 681 g/mol. The molecule has 0 N–H and O–H groups in total. The van der Waals surface area contributed by atoms with E-state index in [-0.39, 0.29) is 0 Å². The monoisotopic (exact) mass is 680 g/mol. The minimum Gasteiger partial charge on any atom is -0.309 e. The summed E-state index contributed by atoms with van der Waals surface area (Å²) in [6.07, 6.45) is 0. The number of rotatable bonds is 4. The smallest absolute Gasteiger partial charge is 0.0652 e. The van der Waals surface area contributed by atoms with Crippen molar-refractivity contribution in [2.45, 2.75) is 0 Å².